The average molecular weight is 241 g/mol. The van der Waals surface area contributed by atoms with Crippen LogP contribution in [0.5, 0.6) is 0 Å². The molecule has 1 saturated heterocycles. The largest absolute Gasteiger partial charge is 0.478 e. The number of hydrogen-bond donors (Lipinski definition) is 1. The van der Waals surface area contributed by atoms with Gasteiger partial charge in [0.25, 0.3) is 5.24 Å². The Bertz CT molecular complexity index is 450. The number of hydrogen-bond acceptors (Lipinski definition) is 5. The van der Waals surface area contributed by atoms with Gasteiger partial charge in [-0.15, -0.1) is 0 Å². The lowest BCUT2D eigenvalue weighted by atomic mass is 10.2. The second kappa shape index (κ2) is 4.01. The second-order valence-electron chi connectivity index (χ2n) is 3.10. The second-order valence-corrected chi connectivity index (χ2v) is 4.02. The molecule has 0 aliphatic carbocycles. The van der Waals surface area contributed by atoms with Crippen LogP contribution in [0.3, 0.4) is 0 Å². The van der Waals surface area contributed by atoms with Crippen LogP contribution in [0.2, 0.25) is 0 Å². The summed E-state index contributed by atoms with van der Waals surface area (Å²) in [7, 11) is 0. The number of thioether (sulfide) groups is 1. The number of imide groups is 1. The van der Waals surface area contributed by atoms with E-state index in [0.717, 1.165) is 16.7 Å². The molecule has 0 atom stereocenters. The topological polar surface area (TPSA) is 87.8 Å². The van der Waals surface area contributed by atoms with E-state index in [1.807, 2.05) is 0 Å². The number of carboxylic acids is 1. The first-order valence-electron chi connectivity index (χ1n) is 4.36. The van der Waals surface area contributed by atoms with E-state index in [9.17, 15) is 14.4 Å². The zero-order valence-corrected chi connectivity index (χ0v) is 8.82. The van der Waals surface area contributed by atoms with Gasteiger partial charge in [-0.25, -0.2) is 4.79 Å². The van der Waals surface area contributed by atoms with Crippen LogP contribution in [0.25, 0.3) is 0 Å². The number of carbonyl (C=O) groups is 3. The zero-order chi connectivity index (χ0) is 11.7. The van der Waals surface area contributed by atoms with Gasteiger partial charge in [0, 0.05) is 0 Å². The highest BCUT2D eigenvalue weighted by Crippen LogP contribution is 2.22. The van der Waals surface area contributed by atoms with Gasteiger partial charge in [0.2, 0.25) is 5.91 Å². The molecule has 0 spiro atoms. The first-order chi connectivity index (χ1) is 7.59. The van der Waals surface area contributed by atoms with Crippen molar-refractivity contribution in [2.24, 2.45) is 0 Å². The monoisotopic (exact) mass is 241 g/mol. The summed E-state index contributed by atoms with van der Waals surface area (Å²) >= 11 is 0.898. The van der Waals surface area contributed by atoms with Gasteiger partial charge >= 0.3 is 5.97 Å². The molecule has 2 amide bonds. The quantitative estimate of drug-likeness (QED) is 0.854. The van der Waals surface area contributed by atoms with E-state index in [0.29, 0.717) is 0 Å². The van der Waals surface area contributed by atoms with E-state index in [2.05, 4.69) is 0 Å². The number of amides is 2. The summed E-state index contributed by atoms with van der Waals surface area (Å²) in [5.41, 5.74) is -0.0301. The highest BCUT2D eigenvalue weighted by atomic mass is 32.2. The van der Waals surface area contributed by atoms with Crippen LogP contribution in [0.15, 0.2) is 16.7 Å². The molecule has 2 heterocycles. The molecule has 0 radical (unpaired) electrons. The Balaban J connectivity index is 2.20. The van der Waals surface area contributed by atoms with Gasteiger partial charge in [-0.1, -0.05) is 11.8 Å². The van der Waals surface area contributed by atoms with E-state index >= 15 is 0 Å². The number of rotatable bonds is 3. The van der Waals surface area contributed by atoms with Crippen molar-refractivity contribution < 1.29 is 23.9 Å². The summed E-state index contributed by atoms with van der Waals surface area (Å²) in [5, 5.41) is 8.43. The first-order valence-corrected chi connectivity index (χ1v) is 5.35. The first kappa shape index (κ1) is 10.7. The van der Waals surface area contributed by atoms with Crippen molar-refractivity contribution in [3.63, 3.8) is 0 Å². The number of nitrogens with zero attached hydrogens (tertiary/aromatic N) is 1. The molecule has 2 rings (SSSR count). The third kappa shape index (κ3) is 1.81. The molecule has 1 aliphatic heterocycles. The molecule has 1 fully saturated rings. The fraction of sp³-hybridized carbons (Fsp3) is 0.222. The maximum atomic E-state index is 11.3. The summed E-state index contributed by atoms with van der Waals surface area (Å²) < 4.78 is 4.95. The number of carboxylic acid groups (broad SMARTS) is 1. The van der Waals surface area contributed by atoms with Crippen LogP contribution in [-0.2, 0) is 11.3 Å². The summed E-state index contributed by atoms with van der Waals surface area (Å²) in [4.78, 5) is 34.3. The number of aromatic carboxylic acids is 1. The predicted molar refractivity (Wildman–Crippen MR) is 54.1 cm³/mol. The van der Waals surface area contributed by atoms with Crippen LogP contribution in [0, 0.1) is 0 Å². The van der Waals surface area contributed by atoms with E-state index in [1.54, 1.807) is 0 Å². The lowest BCUT2D eigenvalue weighted by Crippen LogP contribution is -2.28. The van der Waals surface area contributed by atoms with Crippen molar-refractivity contribution in [2.75, 3.05) is 5.75 Å². The molecule has 84 valence electrons. The number of carbonyl (C=O) groups excluding carboxylic acids is 2. The Hall–Kier alpha value is -1.76. The van der Waals surface area contributed by atoms with Crippen LogP contribution in [-0.4, -0.2) is 32.9 Å². The fourth-order valence-corrected chi connectivity index (χ4v) is 2.06. The minimum atomic E-state index is -1.14. The van der Waals surface area contributed by atoms with Gasteiger partial charge in [-0.3, -0.25) is 14.5 Å². The summed E-state index contributed by atoms with van der Waals surface area (Å²) in [6, 6.07) is 1.29. The molecule has 0 aromatic carbocycles. The van der Waals surface area contributed by atoms with Crippen molar-refractivity contribution in [3.05, 3.63) is 23.7 Å². The van der Waals surface area contributed by atoms with Crippen LogP contribution >= 0.6 is 11.8 Å². The Morgan fingerprint density at radius 2 is 2.31 bits per heavy atom. The zero-order valence-electron chi connectivity index (χ0n) is 8.00. The Kier molecular flexibility index (Phi) is 2.69. The van der Waals surface area contributed by atoms with E-state index in [-0.39, 0.29) is 34.8 Å². The lowest BCUT2D eigenvalue weighted by Gasteiger charge is -2.10. The maximum absolute atomic E-state index is 11.3. The summed E-state index contributed by atoms with van der Waals surface area (Å²) in [6.07, 6.45) is 1.22. The molecule has 6 nitrogen and oxygen atoms in total. The minimum absolute atomic E-state index is 0.0301. The van der Waals surface area contributed by atoms with Crippen molar-refractivity contribution in [1.82, 2.24) is 4.90 Å². The van der Waals surface area contributed by atoms with E-state index in [1.165, 1.54) is 12.3 Å². The smallest absolute Gasteiger partial charge is 0.339 e. The Morgan fingerprint density at radius 3 is 2.88 bits per heavy atom. The molecular formula is C9H7NO5S. The Labute approximate surface area is 94.2 Å². The van der Waals surface area contributed by atoms with Crippen molar-refractivity contribution >= 4 is 28.9 Å². The van der Waals surface area contributed by atoms with Gasteiger partial charge in [-0.2, -0.15) is 0 Å². The average Bonchev–Trinajstić information content (AvgIpc) is 2.80. The van der Waals surface area contributed by atoms with Crippen molar-refractivity contribution in [2.45, 2.75) is 6.54 Å². The highest BCUT2D eigenvalue weighted by molar-refractivity contribution is 8.14. The molecule has 0 bridgehead atoms. The molecule has 1 aromatic rings. The molecule has 1 aromatic heterocycles. The van der Waals surface area contributed by atoms with Gasteiger partial charge in [-0.05, 0) is 6.07 Å². The van der Waals surface area contributed by atoms with Gasteiger partial charge < -0.3 is 9.52 Å². The molecule has 16 heavy (non-hydrogen) atoms. The standard InChI is InChI=1S/C9H7NO5S/c11-7-4-16-9(14)10(7)3-6-5(8(12)13)1-2-15-6/h1-2H,3-4H2,(H,12,13). The molecule has 0 unspecified atom stereocenters. The van der Waals surface area contributed by atoms with Gasteiger partial charge in [0.1, 0.15) is 11.3 Å². The van der Waals surface area contributed by atoms with E-state index in [4.69, 9.17) is 9.52 Å². The Morgan fingerprint density at radius 1 is 1.56 bits per heavy atom. The fourth-order valence-electron chi connectivity index (χ4n) is 1.33. The number of furan rings is 1. The molecular weight excluding hydrogens is 234 g/mol. The van der Waals surface area contributed by atoms with Crippen LogP contribution in [0.1, 0.15) is 16.1 Å². The molecule has 7 heteroatoms. The van der Waals surface area contributed by atoms with Gasteiger partial charge in [0.05, 0.1) is 18.6 Å². The SMILES string of the molecule is O=C(O)c1ccoc1CN1C(=O)CSC1=O. The van der Waals surface area contributed by atoms with Crippen molar-refractivity contribution in [3.8, 4) is 0 Å². The molecule has 0 saturated carbocycles. The van der Waals surface area contributed by atoms with E-state index < -0.39 is 5.97 Å². The highest BCUT2D eigenvalue weighted by Gasteiger charge is 2.31. The minimum Gasteiger partial charge on any atom is -0.478 e. The summed E-state index contributed by atoms with van der Waals surface area (Å²) in [5.74, 6) is -1.27. The summed E-state index contributed by atoms with van der Waals surface area (Å²) in [6.45, 7) is -0.126. The third-order valence-corrected chi connectivity index (χ3v) is 2.98. The maximum Gasteiger partial charge on any atom is 0.339 e. The van der Waals surface area contributed by atoms with Gasteiger partial charge in [0.15, 0.2) is 0 Å². The molecule has 1 N–H and O–H groups in total. The normalized spacial score (nSPS) is 15.9. The van der Waals surface area contributed by atoms with Crippen LogP contribution in [0.4, 0.5) is 4.79 Å². The lowest BCUT2D eigenvalue weighted by molar-refractivity contribution is -0.125. The van der Waals surface area contributed by atoms with Crippen LogP contribution < -0.4 is 0 Å². The molecule has 1 aliphatic rings. The predicted octanol–water partition coefficient (Wildman–Crippen LogP) is 1.17. The third-order valence-electron chi connectivity index (χ3n) is 2.12. The van der Waals surface area contributed by atoms with Crippen molar-refractivity contribution in [1.29, 1.82) is 0 Å².